The Hall–Kier alpha value is -0.823. The number of hydrogen-bond donors (Lipinski definition) is 0. The third kappa shape index (κ3) is 1.89. The Morgan fingerprint density at radius 1 is 1.06 bits per heavy atom. The van der Waals surface area contributed by atoms with Crippen LogP contribution in [0.25, 0.3) is 6.08 Å². The van der Waals surface area contributed by atoms with E-state index in [0.29, 0.717) is 11.3 Å². The van der Waals surface area contributed by atoms with Crippen LogP contribution >= 0.6 is 0 Å². The summed E-state index contributed by atoms with van der Waals surface area (Å²) >= 11 is 0. The summed E-state index contributed by atoms with van der Waals surface area (Å²) in [6.45, 7) is 11.9. The van der Waals surface area contributed by atoms with Crippen LogP contribution in [0.5, 0.6) is 0 Å². The molecule has 1 unspecified atom stereocenters. The van der Waals surface area contributed by atoms with Gasteiger partial charge in [0.2, 0.25) is 0 Å². The van der Waals surface area contributed by atoms with Gasteiger partial charge in [0.25, 0.3) is 0 Å². The molecule has 0 amide bonds. The second-order valence-corrected chi connectivity index (χ2v) is 8.60. The fraction of sp³-hybridized carbons (Fsp3) is 0.467. The average Bonchev–Trinajstić information content (AvgIpc) is 2.55. The lowest BCUT2D eigenvalue weighted by molar-refractivity contribution is 0.365. The summed E-state index contributed by atoms with van der Waals surface area (Å²) < 4.78 is 0. The summed E-state index contributed by atoms with van der Waals surface area (Å²) in [5, 5.41) is 1.69. The molecule has 0 aromatic heterocycles. The molecule has 1 heteroatoms. The zero-order chi connectivity index (χ0) is 11.9. The van der Waals surface area contributed by atoms with Crippen molar-refractivity contribution in [1.29, 1.82) is 0 Å². The highest BCUT2D eigenvalue weighted by Crippen LogP contribution is 2.47. The van der Waals surface area contributed by atoms with E-state index in [1.54, 1.807) is 5.20 Å². The van der Waals surface area contributed by atoms with Crippen LogP contribution in [0.3, 0.4) is 0 Å². The first-order valence-corrected chi connectivity index (χ1v) is 8.52. The van der Waals surface area contributed by atoms with Crippen LogP contribution in [-0.2, 0) is 0 Å². The monoisotopic (exact) mass is 229 g/mol. The van der Waals surface area contributed by atoms with Gasteiger partial charge in [-0.3, -0.25) is 0 Å². The van der Waals surface area contributed by atoms with E-state index in [0.717, 1.165) is 0 Å². The van der Waals surface area contributed by atoms with Gasteiger partial charge in [0.05, 0.1) is 8.80 Å². The van der Waals surface area contributed by atoms with E-state index in [-0.39, 0.29) is 8.80 Å². The maximum atomic E-state index is 2.44. The van der Waals surface area contributed by atoms with E-state index >= 15 is 0 Å². The highest BCUT2D eigenvalue weighted by Gasteiger charge is 2.35. The molecule has 1 aromatic rings. The van der Waals surface area contributed by atoms with Crippen LogP contribution in [0.4, 0.5) is 0 Å². The molecule has 0 aliphatic heterocycles. The Morgan fingerprint density at radius 3 is 2.25 bits per heavy atom. The molecule has 1 aromatic carbocycles. The van der Waals surface area contributed by atoms with Gasteiger partial charge in [0.1, 0.15) is 0 Å². The molecule has 16 heavy (non-hydrogen) atoms. The largest absolute Gasteiger partial charge is 0.0747 e. The molecule has 0 bridgehead atoms. The van der Waals surface area contributed by atoms with E-state index in [1.807, 2.05) is 0 Å². The molecular weight excluding hydrogens is 208 g/mol. The zero-order valence-electron chi connectivity index (χ0n) is 11.0. The highest BCUT2D eigenvalue weighted by molar-refractivity contribution is 6.65. The fourth-order valence-electron chi connectivity index (χ4n) is 2.69. The van der Waals surface area contributed by atoms with Crippen LogP contribution in [0.15, 0.2) is 29.5 Å². The number of rotatable bonds is 1. The van der Waals surface area contributed by atoms with E-state index in [1.165, 1.54) is 11.1 Å². The molecule has 2 rings (SSSR count). The molecule has 0 spiro atoms. The van der Waals surface area contributed by atoms with Gasteiger partial charge in [0, 0.05) is 5.92 Å². The first kappa shape index (κ1) is 11.7. The van der Waals surface area contributed by atoms with Crippen LogP contribution in [0, 0.1) is 5.41 Å². The second-order valence-electron chi connectivity index (χ2n) is 6.03. The van der Waals surface area contributed by atoms with Crippen LogP contribution in [0.2, 0.25) is 13.1 Å². The summed E-state index contributed by atoms with van der Waals surface area (Å²) in [5.41, 5.74) is 3.32. The summed E-state index contributed by atoms with van der Waals surface area (Å²) in [6.07, 6.45) is 2.44. The summed E-state index contributed by atoms with van der Waals surface area (Å²) in [7, 11) is -0.348. The van der Waals surface area contributed by atoms with Crippen molar-refractivity contribution in [3.05, 3.63) is 40.6 Å². The van der Waals surface area contributed by atoms with Gasteiger partial charge in [0.15, 0.2) is 0 Å². The Labute approximate surface area is 101 Å². The first-order valence-electron chi connectivity index (χ1n) is 6.02. The molecule has 1 aliphatic carbocycles. The van der Waals surface area contributed by atoms with Crippen molar-refractivity contribution in [2.45, 2.75) is 39.8 Å². The van der Waals surface area contributed by atoms with Crippen LogP contribution < -0.4 is 0 Å². The van der Waals surface area contributed by atoms with Gasteiger partial charge in [-0.2, -0.15) is 0 Å². The molecule has 0 fully saturated rings. The summed E-state index contributed by atoms with van der Waals surface area (Å²) in [4.78, 5) is 0. The van der Waals surface area contributed by atoms with Crippen molar-refractivity contribution in [3.8, 4) is 0 Å². The zero-order valence-corrected chi connectivity index (χ0v) is 12.0. The Morgan fingerprint density at radius 2 is 1.69 bits per heavy atom. The van der Waals surface area contributed by atoms with Gasteiger partial charge in [-0.25, -0.2) is 0 Å². The SMILES string of the molecule is C[Si](C)C1=Cc2ccccc2C1C(C)(C)C. The predicted octanol–water partition coefficient (Wildman–Crippen LogP) is 4.51. The van der Waals surface area contributed by atoms with Crippen molar-refractivity contribution in [3.63, 3.8) is 0 Å². The number of allylic oxidation sites excluding steroid dienone is 1. The Bertz CT molecular complexity index is 421. The summed E-state index contributed by atoms with van der Waals surface area (Å²) in [5.74, 6) is 0.632. The van der Waals surface area contributed by atoms with Crippen molar-refractivity contribution in [2.24, 2.45) is 5.41 Å². The normalized spacial score (nSPS) is 19.9. The molecule has 0 N–H and O–H groups in total. The van der Waals surface area contributed by atoms with Gasteiger partial charge < -0.3 is 0 Å². The average molecular weight is 229 g/mol. The smallest absolute Gasteiger partial charge is 0.0745 e. The minimum atomic E-state index is -0.348. The lowest BCUT2D eigenvalue weighted by Crippen LogP contribution is -2.23. The van der Waals surface area contributed by atoms with Gasteiger partial charge >= 0.3 is 0 Å². The Balaban J connectivity index is 2.53. The predicted molar refractivity (Wildman–Crippen MR) is 74.1 cm³/mol. The highest BCUT2D eigenvalue weighted by atomic mass is 28.3. The molecular formula is C15H21Si. The van der Waals surface area contributed by atoms with Crippen molar-refractivity contribution >= 4 is 14.9 Å². The van der Waals surface area contributed by atoms with Gasteiger partial charge in [-0.05, 0) is 16.5 Å². The fourth-order valence-corrected chi connectivity index (χ4v) is 4.30. The molecule has 1 atom stereocenters. The van der Waals surface area contributed by atoms with E-state index < -0.39 is 0 Å². The topological polar surface area (TPSA) is 0 Å². The standard InChI is InChI=1S/C15H21Si/c1-15(2,3)14-12-9-7-6-8-11(12)10-13(14)16(4)5/h6-10,14H,1-5H3. The van der Waals surface area contributed by atoms with Crippen molar-refractivity contribution < 1.29 is 0 Å². The van der Waals surface area contributed by atoms with E-state index in [9.17, 15) is 0 Å². The van der Waals surface area contributed by atoms with Gasteiger partial charge in [-0.15, -0.1) is 0 Å². The number of fused-ring (bicyclic) bond motifs is 1. The van der Waals surface area contributed by atoms with E-state index in [4.69, 9.17) is 0 Å². The molecule has 1 aliphatic rings. The van der Waals surface area contributed by atoms with Gasteiger partial charge in [-0.1, -0.05) is 69.4 Å². The third-order valence-corrected chi connectivity index (χ3v) is 4.96. The molecule has 0 nitrogen and oxygen atoms in total. The van der Waals surface area contributed by atoms with E-state index in [2.05, 4.69) is 64.2 Å². The first-order chi connectivity index (χ1) is 7.41. The minimum absolute atomic E-state index is 0.334. The van der Waals surface area contributed by atoms with Crippen molar-refractivity contribution in [1.82, 2.24) is 0 Å². The maximum absolute atomic E-state index is 2.44. The Kier molecular flexibility index (Phi) is 2.83. The maximum Gasteiger partial charge on any atom is 0.0745 e. The van der Waals surface area contributed by atoms with Crippen LogP contribution in [0.1, 0.15) is 37.8 Å². The molecule has 0 saturated carbocycles. The quantitative estimate of drug-likeness (QED) is 0.622. The van der Waals surface area contributed by atoms with Crippen molar-refractivity contribution in [2.75, 3.05) is 0 Å². The summed E-state index contributed by atoms with van der Waals surface area (Å²) in [6, 6.07) is 8.88. The number of hydrogen-bond acceptors (Lipinski definition) is 0. The second kappa shape index (κ2) is 3.88. The molecule has 0 saturated heterocycles. The minimum Gasteiger partial charge on any atom is -0.0747 e. The lowest BCUT2D eigenvalue weighted by Gasteiger charge is -2.32. The molecule has 85 valence electrons. The molecule has 1 radical (unpaired) electrons. The third-order valence-electron chi connectivity index (χ3n) is 3.37. The molecule has 0 heterocycles. The number of benzene rings is 1. The van der Waals surface area contributed by atoms with Crippen LogP contribution in [-0.4, -0.2) is 8.80 Å². The lowest BCUT2D eigenvalue weighted by atomic mass is 9.78.